The quantitative estimate of drug-likeness (QED) is 0.717. The molecular weight excluding hydrogens is 196 g/mol. The van der Waals surface area contributed by atoms with Gasteiger partial charge >= 0.3 is 0 Å². The van der Waals surface area contributed by atoms with Gasteiger partial charge in [-0.2, -0.15) is 0 Å². The van der Waals surface area contributed by atoms with Crippen LogP contribution in [0.15, 0.2) is 18.2 Å². The molecule has 0 unspecified atom stereocenters. The summed E-state index contributed by atoms with van der Waals surface area (Å²) in [4.78, 5) is 3.31. The van der Waals surface area contributed by atoms with Gasteiger partial charge in [0, 0.05) is 11.1 Å². The van der Waals surface area contributed by atoms with Crippen molar-refractivity contribution in [3.05, 3.63) is 28.8 Å². The van der Waals surface area contributed by atoms with Crippen LogP contribution >= 0.6 is 11.6 Å². The van der Waals surface area contributed by atoms with Gasteiger partial charge in [-0.25, -0.2) is 5.32 Å². The maximum absolute atomic E-state index is 5.93. The van der Waals surface area contributed by atoms with Gasteiger partial charge in [0.1, 0.15) is 5.69 Å². The van der Waals surface area contributed by atoms with Crippen molar-refractivity contribution in [1.82, 2.24) is 0 Å². The molecule has 0 bridgehead atoms. The van der Waals surface area contributed by atoms with Crippen LogP contribution in [0.5, 0.6) is 0 Å². The van der Waals surface area contributed by atoms with Crippen LogP contribution in [0.3, 0.4) is 0 Å². The van der Waals surface area contributed by atoms with Crippen LogP contribution in [-0.2, 0) is 0 Å². The summed E-state index contributed by atoms with van der Waals surface area (Å²) in [7, 11) is 0. The molecular formula is C11H14ClN2+. The average Bonchev–Trinajstić information content (AvgIpc) is 2.64. The molecule has 0 radical (unpaired) electrons. The molecule has 2 rings (SSSR count). The molecule has 1 heterocycles. The predicted molar refractivity (Wildman–Crippen MR) is 59.9 cm³/mol. The molecule has 1 aliphatic heterocycles. The van der Waals surface area contributed by atoms with E-state index in [-0.39, 0.29) is 0 Å². The third-order valence-corrected chi connectivity index (χ3v) is 2.66. The Balaban J connectivity index is 2.19. The molecule has 2 nitrogen and oxygen atoms in total. The highest BCUT2D eigenvalue weighted by atomic mass is 35.5. The molecule has 0 fully saturated rings. The van der Waals surface area contributed by atoms with Crippen molar-refractivity contribution in [2.24, 2.45) is 0 Å². The molecule has 0 saturated carbocycles. The second kappa shape index (κ2) is 4.01. The number of halogens is 1. The van der Waals surface area contributed by atoms with Gasteiger partial charge in [0.2, 0.25) is 5.84 Å². The number of nitrogens with one attached hydrogen (secondary N) is 2. The molecule has 0 aliphatic carbocycles. The Hall–Kier alpha value is -1.02. The molecule has 14 heavy (non-hydrogen) atoms. The molecule has 0 saturated heterocycles. The summed E-state index contributed by atoms with van der Waals surface area (Å²) in [5.74, 6) is 1.20. The molecule has 1 aromatic rings. The summed E-state index contributed by atoms with van der Waals surface area (Å²) < 4.78 is 0. The first-order chi connectivity index (χ1) is 6.75. The van der Waals surface area contributed by atoms with Crippen molar-refractivity contribution in [1.29, 1.82) is 0 Å². The molecule has 3 heteroatoms. The summed E-state index contributed by atoms with van der Waals surface area (Å²) in [5.41, 5.74) is 2.32. The number of aryl methyl sites for hydroxylation is 1. The van der Waals surface area contributed by atoms with Crippen molar-refractivity contribution < 1.29 is 4.99 Å². The van der Waals surface area contributed by atoms with E-state index < -0.39 is 0 Å². The average molecular weight is 210 g/mol. The largest absolute Gasteiger partial charge is 0.278 e. The molecule has 2 N–H and O–H groups in total. The van der Waals surface area contributed by atoms with E-state index in [4.69, 9.17) is 11.6 Å². The third-order valence-electron chi connectivity index (χ3n) is 2.43. The first kappa shape index (κ1) is 9.53. The van der Waals surface area contributed by atoms with Crippen molar-refractivity contribution in [3.63, 3.8) is 0 Å². The zero-order chi connectivity index (χ0) is 9.97. The van der Waals surface area contributed by atoms with Crippen LogP contribution < -0.4 is 10.3 Å². The Morgan fingerprint density at radius 2 is 2.29 bits per heavy atom. The minimum atomic E-state index is 0.775. The van der Waals surface area contributed by atoms with E-state index >= 15 is 0 Å². The number of hydrogen-bond donors (Lipinski definition) is 2. The molecule has 0 atom stereocenters. The van der Waals surface area contributed by atoms with E-state index in [0.717, 1.165) is 23.7 Å². The lowest BCUT2D eigenvalue weighted by Crippen LogP contribution is -2.71. The van der Waals surface area contributed by atoms with Crippen LogP contribution in [0.25, 0.3) is 0 Å². The second-order valence-corrected chi connectivity index (χ2v) is 4.03. The van der Waals surface area contributed by atoms with Gasteiger partial charge in [0.15, 0.2) is 0 Å². The molecule has 1 aliphatic rings. The Labute approximate surface area is 89.0 Å². The van der Waals surface area contributed by atoms with Crippen molar-refractivity contribution >= 4 is 23.1 Å². The smallest absolute Gasteiger partial charge is 0.247 e. The zero-order valence-corrected chi connectivity index (χ0v) is 8.99. The summed E-state index contributed by atoms with van der Waals surface area (Å²) in [6, 6.07) is 5.90. The lowest BCUT2D eigenvalue weighted by atomic mass is 10.2. The Morgan fingerprint density at radius 3 is 3.00 bits per heavy atom. The van der Waals surface area contributed by atoms with Gasteiger partial charge < -0.3 is 0 Å². The molecule has 74 valence electrons. The highest BCUT2D eigenvalue weighted by Crippen LogP contribution is 2.20. The molecule has 0 spiro atoms. The van der Waals surface area contributed by atoms with Crippen molar-refractivity contribution in [3.8, 4) is 0 Å². The monoisotopic (exact) mass is 209 g/mol. The second-order valence-electron chi connectivity index (χ2n) is 3.59. The van der Waals surface area contributed by atoms with Crippen LogP contribution in [-0.4, -0.2) is 12.4 Å². The topological polar surface area (TPSA) is 26.0 Å². The van der Waals surface area contributed by atoms with Gasteiger partial charge in [-0.1, -0.05) is 17.7 Å². The minimum absolute atomic E-state index is 0.775. The Morgan fingerprint density at radius 1 is 1.43 bits per heavy atom. The Kier molecular flexibility index (Phi) is 2.73. The fourth-order valence-electron chi connectivity index (χ4n) is 1.59. The number of rotatable bonds is 1. The number of hydrogen-bond acceptors (Lipinski definition) is 1. The van der Waals surface area contributed by atoms with Crippen molar-refractivity contribution in [2.45, 2.75) is 19.8 Å². The van der Waals surface area contributed by atoms with E-state index in [9.17, 15) is 0 Å². The number of amidine groups is 1. The van der Waals surface area contributed by atoms with E-state index in [2.05, 4.69) is 17.2 Å². The fraction of sp³-hybridized carbons (Fsp3) is 0.364. The first-order valence-electron chi connectivity index (χ1n) is 4.88. The van der Waals surface area contributed by atoms with Gasteiger partial charge in [-0.3, -0.25) is 4.99 Å². The van der Waals surface area contributed by atoms with Gasteiger partial charge in [-0.15, -0.1) is 0 Å². The van der Waals surface area contributed by atoms with Crippen LogP contribution in [0.2, 0.25) is 5.02 Å². The summed E-state index contributed by atoms with van der Waals surface area (Å²) >= 11 is 5.93. The highest BCUT2D eigenvalue weighted by Gasteiger charge is 2.14. The Bertz CT molecular complexity index is 372. The van der Waals surface area contributed by atoms with Crippen molar-refractivity contribution in [2.75, 3.05) is 11.9 Å². The minimum Gasteiger partial charge on any atom is -0.278 e. The number of benzene rings is 1. The van der Waals surface area contributed by atoms with Gasteiger partial charge in [0.25, 0.3) is 0 Å². The lowest BCUT2D eigenvalue weighted by molar-refractivity contribution is -0.447. The van der Waals surface area contributed by atoms with E-state index in [1.165, 1.54) is 17.8 Å². The lowest BCUT2D eigenvalue weighted by Gasteiger charge is -2.02. The number of anilines is 1. The SMILES string of the molecule is Cc1ccc(Cl)cc1NC1=[NH+]CCC1. The van der Waals surface area contributed by atoms with Crippen LogP contribution in [0.1, 0.15) is 18.4 Å². The maximum Gasteiger partial charge on any atom is 0.247 e. The van der Waals surface area contributed by atoms with Crippen LogP contribution in [0.4, 0.5) is 5.69 Å². The maximum atomic E-state index is 5.93. The van der Waals surface area contributed by atoms with E-state index in [1.807, 2.05) is 18.2 Å². The van der Waals surface area contributed by atoms with E-state index in [0.29, 0.717) is 0 Å². The van der Waals surface area contributed by atoms with Gasteiger partial charge in [-0.05, 0) is 25.0 Å². The van der Waals surface area contributed by atoms with E-state index in [1.54, 1.807) is 0 Å². The highest BCUT2D eigenvalue weighted by molar-refractivity contribution is 6.31. The normalized spacial score (nSPS) is 15.4. The van der Waals surface area contributed by atoms with Crippen LogP contribution in [0, 0.1) is 6.92 Å². The molecule has 1 aromatic carbocycles. The standard InChI is InChI=1S/C11H13ClN2/c1-8-4-5-9(12)7-10(8)14-11-3-2-6-13-11/h4-5,7H,2-3,6H2,1H3,(H,13,14)/p+1. The molecule has 0 amide bonds. The van der Waals surface area contributed by atoms with Gasteiger partial charge in [0.05, 0.1) is 13.0 Å². The molecule has 0 aromatic heterocycles. The summed E-state index contributed by atoms with van der Waals surface area (Å²) in [6.07, 6.45) is 2.31. The fourth-order valence-corrected chi connectivity index (χ4v) is 1.76. The first-order valence-corrected chi connectivity index (χ1v) is 5.26. The summed E-state index contributed by atoms with van der Waals surface area (Å²) in [6.45, 7) is 3.15. The third kappa shape index (κ3) is 2.07. The summed E-state index contributed by atoms with van der Waals surface area (Å²) in [5, 5.41) is 4.15. The predicted octanol–water partition coefficient (Wildman–Crippen LogP) is 1.33. The zero-order valence-electron chi connectivity index (χ0n) is 8.23.